The van der Waals surface area contributed by atoms with Gasteiger partial charge in [0.2, 0.25) is 5.91 Å². The summed E-state index contributed by atoms with van der Waals surface area (Å²) in [6.45, 7) is 4.31. The van der Waals surface area contributed by atoms with Gasteiger partial charge in [-0.05, 0) is 18.9 Å². The summed E-state index contributed by atoms with van der Waals surface area (Å²) in [6.07, 6.45) is 0.481. The first-order valence-corrected chi connectivity index (χ1v) is 6.52. The number of nitriles is 1. The predicted octanol–water partition coefficient (Wildman–Crippen LogP) is 1.54. The summed E-state index contributed by atoms with van der Waals surface area (Å²) in [5.41, 5.74) is 2.18. The van der Waals surface area contributed by atoms with Crippen LogP contribution in [-0.4, -0.2) is 37.1 Å². The molecule has 0 saturated carbocycles. The minimum Gasteiger partial charge on any atom is -0.378 e. The van der Waals surface area contributed by atoms with Crippen LogP contribution in [-0.2, 0) is 16.0 Å². The number of morpholine rings is 1. The van der Waals surface area contributed by atoms with E-state index in [1.165, 1.54) is 0 Å². The van der Waals surface area contributed by atoms with Gasteiger partial charge in [0, 0.05) is 13.1 Å². The van der Waals surface area contributed by atoms with Crippen molar-refractivity contribution in [3.05, 3.63) is 35.4 Å². The van der Waals surface area contributed by atoms with Gasteiger partial charge in [-0.3, -0.25) is 4.79 Å². The maximum Gasteiger partial charge on any atom is 0.240 e. The molecule has 2 rings (SSSR count). The van der Waals surface area contributed by atoms with E-state index in [1.54, 1.807) is 4.90 Å². The van der Waals surface area contributed by atoms with E-state index in [-0.39, 0.29) is 5.91 Å². The topological polar surface area (TPSA) is 53.3 Å². The maximum atomic E-state index is 12.3. The van der Waals surface area contributed by atoms with Crippen LogP contribution in [0.25, 0.3) is 0 Å². The SMILES string of the molecule is Cc1cccc(CC(C#N)C(=O)N2CCOCC2)c1. The zero-order valence-electron chi connectivity index (χ0n) is 11.1. The molecule has 0 N–H and O–H groups in total. The average Bonchev–Trinajstić information content (AvgIpc) is 2.45. The van der Waals surface area contributed by atoms with E-state index in [9.17, 15) is 10.1 Å². The first kappa shape index (κ1) is 13.6. The minimum atomic E-state index is -0.597. The summed E-state index contributed by atoms with van der Waals surface area (Å²) < 4.78 is 5.22. The van der Waals surface area contributed by atoms with Crippen molar-refractivity contribution < 1.29 is 9.53 Å². The Hall–Kier alpha value is -1.86. The number of ether oxygens (including phenoxy) is 1. The van der Waals surface area contributed by atoms with Crippen molar-refractivity contribution in [2.75, 3.05) is 26.3 Å². The fourth-order valence-corrected chi connectivity index (χ4v) is 2.27. The number of carbonyl (C=O) groups excluding carboxylic acids is 1. The second kappa shape index (κ2) is 6.35. The molecule has 1 fully saturated rings. The molecule has 1 unspecified atom stereocenters. The molecule has 1 amide bonds. The van der Waals surface area contributed by atoms with Crippen LogP contribution in [0.2, 0.25) is 0 Å². The lowest BCUT2D eigenvalue weighted by molar-refractivity contribution is -0.137. The Balaban J connectivity index is 2.03. The lowest BCUT2D eigenvalue weighted by Gasteiger charge is -2.28. The fourth-order valence-electron chi connectivity index (χ4n) is 2.27. The van der Waals surface area contributed by atoms with Crippen LogP contribution in [0, 0.1) is 24.2 Å². The molecular weight excluding hydrogens is 240 g/mol. The van der Waals surface area contributed by atoms with Crippen molar-refractivity contribution in [2.45, 2.75) is 13.3 Å². The van der Waals surface area contributed by atoms with Gasteiger partial charge in [-0.1, -0.05) is 29.8 Å². The first-order valence-electron chi connectivity index (χ1n) is 6.52. The molecule has 1 aromatic rings. The van der Waals surface area contributed by atoms with E-state index in [4.69, 9.17) is 4.74 Å². The number of rotatable bonds is 3. The number of nitrogens with zero attached hydrogens (tertiary/aromatic N) is 2. The van der Waals surface area contributed by atoms with Crippen molar-refractivity contribution in [3.8, 4) is 6.07 Å². The third-order valence-electron chi connectivity index (χ3n) is 3.30. The van der Waals surface area contributed by atoms with Crippen molar-refractivity contribution in [1.82, 2.24) is 4.90 Å². The second-order valence-corrected chi connectivity index (χ2v) is 4.81. The predicted molar refractivity (Wildman–Crippen MR) is 71.4 cm³/mol. The number of hydrogen-bond acceptors (Lipinski definition) is 3. The highest BCUT2D eigenvalue weighted by molar-refractivity contribution is 5.81. The number of benzene rings is 1. The Morgan fingerprint density at radius 3 is 2.84 bits per heavy atom. The fraction of sp³-hybridized carbons (Fsp3) is 0.467. The number of hydrogen-bond donors (Lipinski definition) is 0. The summed E-state index contributed by atoms with van der Waals surface area (Å²) in [4.78, 5) is 14.0. The zero-order valence-corrected chi connectivity index (χ0v) is 11.1. The third kappa shape index (κ3) is 3.55. The molecule has 0 aliphatic carbocycles. The summed E-state index contributed by atoms with van der Waals surface area (Å²) in [7, 11) is 0. The molecule has 4 heteroatoms. The first-order chi connectivity index (χ1) is 9.20. The van der Waals surface area contributed by atoms with Crippen LogP contribution < -0.4 is 0 Å². The Morgan fingerprint density at radius 1 is 1.47 bits per heavy atom. The second-order valence-electron chi connectivity index (χ2n) is 4.81. The van der Waals surface area contributed by atoms with Gasteiger partial charge in [0.25, 0.3) is 0 Å². The lowest BCUT2D eigenvalue weighted by Crippen LogP contribution is -2.43. The van der Waals surface area contributed by atoms with Gasteiger partial charge in [0.05, 0.1) is 19.3 Å². The average molecular weight is 258 g/mol. The van der Waals surface area contributed by atoms with Gasteiger partial charge < -0.3 is 9.64 Å². The zero-order chi connectivity index (χ0) is 13.7. The van der Waals surface area contributed by atoms with Gasteiger partial charge >= 0.3 is 0 Å². The van der Waals surface area contributed by atoms with Crippen molar-refractivity contribution in [3.63, 3.8) is 0 Å². The molecule has 0 aromatic heterocycles. The van der Waals surface area contributed by atoms with Gasteiger partial charge in [-0.25, -0.2) is 0 Å². The smallest absolute Gasteiger partial charge is 0.240 e. The van der Waals surface area contributed by atoms with E-state index in [1.807, 2.05) is 31.2 Å². The molecule has 1 atom stereocenters. The van der Waals surface area contributed by atoms with E-state index >= 15 is 0 Å². The Labute approximate surface area is 113 Å². The molecule has 1 aliphatic rings. The summed E-state index contributed by atoms with van der Waals surface area (Å²) in [6, 6.07) is 10.1. The van der Waals surface area contributed by atoms with E-state index in [0.717, 1.165) is 11.1 Å². The highest BCUT2D eigenvalue weighted by Crippen LogP contribution is 2.14. The minimum absolute atomic E-state index is 0.0766. The monoisotopic (exact) mass is 258 g/mol. The van der Waals surface area contributed by atoms with E-state index in [0.29, 0.717) is 32.7 Å². The van der Waals surface area contributed by atoms with Gasteiger partial charge in [-0.15, -0.1) is 0 Å². The summed E-state index contributed by atoms with van der Waals surface area (Å²) in [5.74, 6) is -0.674. The number of amides is 1. The Bertz CT molecular complexity index is 487. The molecular formula is C15H18N2O2. The molecule has 19 heavy (non-hydrogen) atoms. The largest absolute Gasteiger partial charge is 0.378 e. The van der Waals surface area contributed by atoms with Crippen LogP contribution in [0.1, 0.15) is 11.1 Å². The van der Waals surface area contributed by atoms with Crippen molar-refractivity contribution in [1.29, 1.82) is 5.26 Å². The van der Waals surface area contributed by atoms with E-state index < -0.39 is 5.92 Å². The molecule has 1 aromatic carbocycles. The standard InChI is InChI=1S/C15H18N2O2/c1-12-3-2-4-13(9-12)10-14(11-16)15(18)17-5-7-19-8-6-17/h2-4,9,14H,5-8,10H2,1H3. The van der Waals surface area contributed by atoms with E-state index in [2.05, 4.69) is 6.07 Å². The molecule has 0 bridgehead atoms. The Kier molecular flexibility index (Phi) is 4.53. The van der Waals surface area contributed by atoms with Crippen LogP contribution in [0.3, 0.4) is 0 Å². The van der Waals surface area contributed by atoms with Gasteiger partial charge in [-0.2, -0.15) is 5.26 Å². The van der Waals surface area contributed by atoms with Crippen LogP contribution in [0.15, 0.2) is 24.3 Å². The summed E-state index contributed by atoms with van der Waals surface area (Å²) in [5, 5.41) is 9.23. The van der Waals surface area contributed by atoms with Crippen LogP contribution in [0.5, 0.6) is 0 Å². The number of aryl methyl sites for hydroxylation is 1. The number of carbonyl (C=O) groups is 1. The quantitative estimate of drug-likeness (QED) is 0.826. The lowest BCUT2D eigenvalue weighted by atomic mass is 9.98. The highest BCUT2D eigenvalue weighted by Gasteiger charge is 2.25. The van der Waals surface area contributed by atoms with Crippen LogP contribution in [0.4, 0.5) is 0 Å². The van der Waals surface area contributed by atoms with Gasteiger partial charge in [0.1, 0.15) is 5.92 Å². The molecule has 1 aliphatic heterocycles. The van der Waals surface area contributed by atoms with Crippen molar-refractivity contribution >= 4 is 5.91 Å². The molecule has 4 nitrogen and oxygen atoms in total. The van der Waals surface area contributed by atoms with Gasteiger partial charge in [0.15, 0.2) is 0 Å². The highest BCUT2D eigenvalue weighted by atomic mass is 16.5. The molecule has 1 heterocycles. The normalized spacial score (nSPS) is 16.7. The maximum absolute atomic E-state index is 12.3. The molecule has 100 valence electrons. The Morgan fingerprint density at radius 2 is 2.21 bits per heavy atom. The van der Waals surface area contributed by atoms with Crippen LogP contribution >= 0.6 is 0 Å². The third-order valence-corrected chi connectivity index (χ3v) is 3.30. The molecule has 0 spiro atoms. The van der Waals surface area contributed by atoms with Crippen molar-refractivity contribution in [2.24, 2.45) is 5.92 Å². The molecule has 1 saturated heterocycles. The molecule has 0 radical (unpaired) electrons. The summed E-state index contributed by atoms with van der Waals surface area (Å²) >= 11 is 0.